The number of ether oxygens (including phenoxy) is 3. The lowest BCUT2D eigenvalue weighted by molar-refractivity contribution is -0.0562. The number of benzene rings is 2. The summed E-state index contributed by atoms with van der Waals surface area (Å²) in [5.74, 6) is -0.900. The molecule has 0 amide bonds. The molecular weight excluding hydrogens is 547 g/mol. The summed E-state index contributed by atoms with van der Waals surface area (Å²) >= 11 is 2.27. The van der Waals surface area contributed by atoms with E-state index in [0.717, 1.165) is 14.6 Å². The number of nitrogens with zero attached hydrogens (tertiary/aromatic N) is 2. The van der Waals surface area contributed by atoms with E-state index in [2.05, 4.69) is 27.6 Å². The van der Waals surface area contributed by atoms with Gasteiger partial charge >= 0.3 is 11.9 Å². The van der Waals surface area contributed by atoms with Gasteiger partial charge in [0.15, 0.2) is 0 Å². The highest BCUT2D eigenvalue weighted by Crippen LogP contribution is 2.34. The first-order chi connectivity index (χ1) is 16.6. The monoisotopic (exact) mass is 568 g/mol. The molecule has 0 spiro atoms. The summed E-state index contributed by atoms with van der Waals surface area (Å²) in [7, 11) is 0. The maximum Gasteiger partial charge on any atom is 0.338 e. The number of carbonyl (C=O) groups excluding carboxylic acids is 2. The fourth-order valence-corrected chi connectivity index (χ4v) is 4.58. The fourth-order valence-electron chi connectivity index (χ4n) is 4.00. The van der Waals surface area contributed by atoms with Crippen LogP contribution in [0.3, 0.4) is 0 Å². The molecule has 0 radical (unpaired) electrons. The van der Waals surface area contributed by atoms with Gasteiger partial charge in [-0.3, -0.25) is 0 Å². The van der Waals surface area contributed by atoms with Crippen LogP contribution >= 0.6 is 22.6 Å². The molecule has 0 bridgehead atoms. The van der Waals surface area contributed by atoms with E-state index in [0.29, 0.717) is 17.5 Å². The van der Waals surface area contributed by atoms with E-state index in [-0.39, 0.29) is 6.61 Å². The van der Waals surface area contributed by atoms with Crippen molar-refractivity contribution in [1.82, 2.24) is 9.55 Å². The van der Waals surface area contributed by atoms with Crippen molar-refractivity contribution in [1.29, 1.82) is 0 Å². The molecule has 3 heterocycles. The Morgan fingerprint density at radius 2 is 1.65 bits per heavy atom. The molecule has 0 saturated carbocycles. The topological polar surface area (TPSA) is 79.7 Å². The molecule has 1 aliphatic rings. The van der Waals surface area contributed by atoms with Gasteiger partial charge in [0.25, 0.3) is 0 Å². The maximum atomic E-state index is 12.8. The number of carbonyl (C=O) groups is 2. The molecule has 34 heavy (non-hydrogen) atoms. The average molecular weight is 568 g/mol. The van der Waals surface area contributed by atoms with Gasteiger partial charge in [-0.1, -0.05) is 36.4 Å². The number of hydrogen-bond acceptors (Lipinski definition) is 6. The summed E-state index contributed by atoms with van der Waals surface area (Å²) in [6.45, 7) is -0.0405. The summed E-state index contributed by atoms with van der Waals surface area (Å²) in [5, 5.41) is 1.02. The maximum absolute atomic E-state index is 12.8. The van der Waals surface area contributed by atoms with E-state index >= 15 is 0 Å². The smallest absolute Gasteiger partial charge is 0.338 e. The van der Waals surface area contributed by atoms with Gasteiger partial charge in [0, 0.05) is 27.8 Å². The predicted molar refractivity (Wildman–Crippen MR) is 133 cm³/mol. The second-order valence-electron chi connectivity index (χ2n) is 7.89. The van der Waals surface area contributed by atoms with Gasteiger partial charge in [0.05, 0.1) is 11.1 Å². The molecule has 2 aromatic heterocycles. The highest BCUT2D eigenvalue weighted by molar-refractivity contribution is 14.1. The Bertz CT molecular complexity index is 1310. The van der Waals surface area contributed by atoms with Crippen LogP contribution in [-0.4, -0.2) is 40.3 Å². The summed E-state index contributed by atoms with van der Waals surface area (Å²) in [6.07, 6.45) is 2.44. The van der Waals surface area contributed by atoms with E-state index in [1.807, 2.05) is 35.0 Å². The van der Waals surface area contributed by atoms with Crippen LogP contribution in [0.5, 0.6) is 0 Å². The van der Waals surface area contributed by atoms with Crippen LogP contribution in [-0.2, 0) is 14.2 Å². The molecule has 3 atom stereocenters. The van der Waals surface area contributed by atoms with Crippen LogP contribution in [0.15, 0.2) is 85.2 Å². The van der Waals surface area contributed by atoms with Crippen molar-refractivity contribution in [3.8, 4) is 0 Å². The number of hydrogen-bond donors (Lipinski definition) is 0. The number of pyridine rings is 1. The Morgan fingerprint density at radius 1 is 0.971 bits per heavy atom. The molecule has 8 heteroatoms. The lowest BCUT2D eigenvalue weighted by Crippen LogP contribution is -2.32. The standard InChI is InChI=1S/C26H21IN2O5/c27-20-11-13-28-24-19(20)12-14-29(24)23-15-21(34-26(31)18-9-5-2-6-10-18)22(33-23)16-32-25(30)17-7-3-1-4-8-17/h1-14,21-23H,15-16H2/t21-,22+,23+/m0/s1. The molecular formula is C26H21IN2O5. The minimum Gasteiger partial charge on any atom is -0.459 e. The summed E-state index contributed by atoms with van der Waals surface area (Å²) in [6, 6.07) is 21.5. The molecule has 4 aromatic rings. The van der Waals surface area contributed by atoms with E-state index in [4.69, 9.17) is 14.2 Å². The van der Waals surface area contributed by atoms with Gasteiger partial charge in [0.1, 0.15) is 30.7 Å². The van der Waals surface area contributed by atoms with Crippen molar-refractivity contribution < 1.29 is 23.8 Å². The van der Waals surface area contributed by atoms with Crippen LogP contribution in [0.1, 0.15) is 33.4 Å². The third kappa shape index (κ3) is 4.69. The normalized spacial score (nSPS) is 19.7. The molecule has 1 saturated heterocycles. The van der Waals surface area contributed by atoms with Crippen LogP contribution in [0.25, 0.3) is 11.0 Å². The lowest BCUT2D eigenvalue weighted by atomic mass is 10.1. The zero-order valence-corrected chi connectivity index (χ0v) is 20.2. The van der Waals surface area contributed by atoms with Gasteiger partial charge in [-0.25, -0.2) is 14.6 Å². The minimum atomic E-state index is -0.620. The number of fused-ring (bicyclic) bond motifs is 1. The van der Waals surface area contributed by atoms with Crippen molar-refractivity contribution >= 4 is 45.6 Å². The molecule has 1 aliphatic heterocycles. The summed E-state index contributed by atoms with van der Waals surface area (Å²) < 4.78 is 20.6. The van der Waals surface area contributed by atoms with Crippen molar-refractivity contribution in [2.45, 2.75) is 24.9 Å². The van der Waals surface area contributed by atoms with E-state index in [1.165, 1.54) is 0 Å². The summed E-state index contributed by atoms with van der Waals surface area (Å²) in [5.41, 5.74) is 1.69. The van der Waals surface area contributed by atoms with Crippen LogP contribution in [0.2, 0.25) is 0 Å². The SMILES string of the molecule is O=C(OC[C@H]1O[C@@H](n2ccc3c(I)ccnc32)C[C@@H]1OC(=O)c1ccccc1)c1ccccc1. The number of halogens is 1. The first-order valence-corrected chi connectivity index (χ1v) is 11.9. The molecule has 1 fully saturated rings. The molecule has 0 unspecified atom stereocenters. The van der Waals surface area contributed by atoms with Crippen molar-refractivity contribution in [2.75, 3.05) is 6.61 Å². The molecule has 0 aliphatic carbocycles. The van der Waals surface area contributed by atoms with Gasteiger partial charge in [-0.15, -0.1) is 0 Å². The molecule has 7 nitrogen and oxygen atoms in total. The van der Waals surface area contributed by atoms with Crippen LogP contribution in [0.4, 0.5) is 0 Å². The molecule has 2 aromatic carbocycles. The Kier molecular flexibility index (Phi) is 6.59. The molecule has 5 rings (SSSR count). The second kappa shape index (κ2) is 9.94. The predicted octanol–water partition coefficient (Wildman–Crippen LogP) is 5.01. The van der Waals surface area contributed by atoms with Crippen LogP contribution in [0, 0.1) is 3.57 Å². The van der Waals surface area contributed by atoms with E-state index < -0.39 is 30.4 Å². The Hall–Kier alpha value is -3.24. The number of esters is 2. The van der Waals surface area contributed by atoms with Gasteiger partial charge < -0.3 is 18.8 Å². The highest BCUT2D eigenvalue weighted by atomic mass is 127. The highest BCUT2D eigenvalue weighted by Gasteiger charge is 2.40. The third-order valence-electron chi connectivity index (χ3n) is 5.71. The first-order valence-electron chi connectivity index (χ1n) is 10.8. The van der Waals surface area contributed by atoms with Gasteiger partial charge in [0.2, 0.25) is 0 Å². The Morgan fingerprint density at radius 3 is 2.35 bits per heavy atom. The number of rotatable bonds is 6. The molecule has 0 N–H and O–H groups in total. The zero-order valence-electron chi connectivity index (χ0n) is 18.0. The third-order valence-corrected chi connectivity index (χ3v) is 6.65. The average Bonchev–Trinajstić information content (AvgIpc) is 3.48. The Labute approximate surface area is 209 Å². The lowest BCUT2D eigenvalue weighted by Gasteiger charge is -2.19. The van der Waals surface area contributed by atoms with Crippen molar-refractivity contribution in [3.05, 3.63) is 99.9 Å². The second-order valence-corrected chi connectivity index (χ2v) is 9.05. The quantitative estimate of drug-likeness (QED) is 0.241. The summed E-state index contributed by atoms with van der Waals surface area (Å²) in [4.78, 5) is 29.7. The van der Waals surface area contributed by atoms with Crippen LogP contribution < -0.4 is 0 Å². The van der Waals surface area contributed by atoms with Gasteiger partial charge in [-0.2, -0.15) is 0 Å². The number of aromatic nitrogens is 2. The minimum absolute atomic E-state index is 0.0405. The largest absolute Gasteiger partial charge is 0.459 e. The van der Waals surface area contributed by atoms with Gasteiger partial charge in [-0.05, 0) is 59.0 Å². The van der Waals surface area contributed by atoms with Crippen molar-refractivity contribution in [3.63, 3.8) is 0 Å². The van der Waals surface area contributed by atoms with E-state index in [1.54, 1.807) is 54.7 Å². The molecule has 172 valence electrons. The first kappa shape index (κ1) is 22.5. The van der Waals surface area contributed by atoms with E-state index in [9.17, 15) is 9.59 Å². The fraction of sp³-hybridized carbons (Fsp3) is 0.192. The van der Waals surface area contributed by atoms with Crippen molar-refractivity contribution in [2.24, 2.45) is 0 Å². The Balaban J connectivity index is 1.36. The zero-order chi connectivity index (χ0) is 23.5.